The van der Waals surface area contributed by atoms with Gasteiger partial charge in [0.25, 0.3) is 0 Å². The molecule has 0 bridgehead atoms. The van der Waals surface area contributed by atoms with E-state index in [0.717, 1.165) is 32.7 Å². The summed E-state index contributed by atoms with van der Waals surface area (Å²) in [5, 5.41) is 23.6. The second-order valence-electron chi connectivity index (χ2n) is 9.74. The Morgan fingerprint density at radius 1 is 1.09 bits per heavy atom. The molecular weight excluding hydrogens is 482 g/mol. The maximum absolute atomic E-state index is 13.0. The van der Waals surface area contributed by atoms with Crippen LogP contribution in [-0.2, 0) is 17.1 Å². The lowest BCUT2D eigenvalue weighted by molar-refractivity contribution is -1.09. The average molecular weight is 512 g/mol. The van der Waals surface area contributed by atoms with Crippen LogP contribution in [0.25, 0.3) is 0 Å². The molecule has 1 amide bonds. The van der Waals surface area contributed by atoms with E-state index in [-0.39, 0.29) is 18.4 Å². The third-order valence-electron chi connectivity index (χ3n) is 6.58. The van der Waals surface area contributed by atoms with Gasteiger partial charge in [0, 0.05) is 18.7 Å². The molecule has 1 saturated heterocycles. The van der Waals surface area contributed by atoms with Gasteiger partial charge in [-0.1, -0.05) is 12.8 Å². The van der Waals surface area contributed by atoms with Gasteiger partial charge < -0.3 is 15.4 Å². The Labute approximate surface area is 199 Å². The van der Waals surface area contributed by atoms with Gasteiger partial charge in [0.1, 0.15) is 7.05 Å². The summed E-state index contributed by atoms with van der Waals surface area (Å²) in [6.07, 6.45) is -5.39. The van der Waals surface area contributed by atoms with E-state index in [9.17, 15) is 41.6 Å². The summed E-state index contributed by atoms with van der Waals surface area (Å²) in [6, 6.07) is 1.00. The lowest BCUT2D eigenvalue weighted by atomic mass is 9.91. The number of alkyl halides is 6. The monoisotopic (exact) mass is 512 g/mol. The summed E-state index contributed by atoms with van der Waals surface area (Å²) in [5.41, 5.74) is -1.27. The zero-order valence-corrected chi connectivity index (χ0v) is 19.3. The fraction of sp³-hybridized carbons (Fsp3) is 0.682. The van der Waals surface area contributed by atoms with Crippen LogP contribution in [0.5, 0.6) is 0 Å². The highest BCUT2D eigenvalue weighted by molar-refractivity contribution is 5.91. The first-order chi connectivity index (χ1) is 16.0. The highest BCUT2D eigenvalue weighted by atomic mass is 19.4. The summed E-state index contributed by atoms with van der Waals surface area (Å²) in [5.74, 6) is -0.727. The molecule has 198 valence electrons. The molecule has 7 nitrogen and oxygen atoms in total. The van der Waals surface area contributed by atoms with Gasteiger partial charge in [-0.15, -0.1) is 10.3 Å². The molecule has 0 spiro atoms. The first-order valence-corrected chi connectivity index (χ1v) is 11.5. The number of halogens is 6. The van der Waals surface area contributed by atoms with Crippen molar-refractivity contribution in [1.82, 2.24) is 10.3 Å². The number of carbonyl (C=O) groups is 1. The number of benzene rings is 1. The van der Waals surface area contributed by atoms with E-state index in [1.807, 2.05) is 0 Å². The molecule has 1 aliphatic heterocycles. The van der Waals surface area contributed by atoms with Crippen LogP contribution in [0.3, 0.4) is 0 Å². The summed E-state index contributed by atoms with van der Waals surface area (Å²) in [6.45, 7) is 1.81. The Bertz CT molecular complexity index is 854. The molecule has 1 atom stereocenters. The molecule has 0 aromatic heterocycles. The maximum atomic E-state index is 13.0. The second-order valence-corrected chi connectivity index (χ2v) is 9.74. The van der Waals surface area contributed by atoms with Crippen molar-refractivity contribution in [3.63, 3.8) is 0 Å². The lowest BCUT2D eigenvalue weighted by Crippen LogP contribution is -2.63. The van der Waals surface area contributed by atoms with Crippen molar-refractivity contribution in [1.29, 1.82) is 0 Å². The van der Waals surface area contributed by atoms with Crippen molar-refractivity contribution in [3.05, 3.63) is 34.5 Å². The van der Waals surface area contributed by atoms with Crippen LogP contribution in [0.15, 0.2) is 18.2 Å². The number of piperidine rings is 1. The molecular formula is C22H30F6N4O3. The van der Waals surface area contributed by atoms with E-state index in [1.54, 1.807) is 0 Å². The number of rotatable bonds is 7. The van der Waals surface area contributed by atoms with Crippen LogP contribution in [-0.4, -0.2) is 53.2 Å². The molecule has 3 rings (SSSR count). The highest BCUT2D eigenvalue weighted by Gasteiger charge is 2.41. The van der Waals surface area contributed by atoms with Gasteiger partial charge in [0.2, 0.25) is 5.91 Å². The number of carbonyl (C=O) groups excluding carboxylic acids is 1. The van der Waals surface area contributed by atoms with Gasteiger partial charge >= 0.3 is 12.4 Å². The minimum Gasteiger partial charge on any atom is -0.578 e. The van der Waals surface area contributed by atoms with Gasteiger partial charge in [0.15, 0.2) is 0 Å². The molecule has 1 heterocycles. The summed E-state index contributed by atoms with van der Waals surface area (Å²) < 4.78 is 78.2. The third-order valence-corrected chi connectivity index (χ3v) is 6.58. The lowest BCUT2D eigenvalue weighted by Gasteiger charge is -2.43. The smallest absolute Gasteiger partial charge is 0.416 e. The summed E-state index contributed by atoms with van der Waals surface area (Å²) in [4.78, 5) is 13.0. The average Bonchev–Trinajstić information content (AvgIpc) is 3.14. The quantitative estimate of drug-likeness (QED) is 0.274. The van der Waals surface area contributed by atoms with E-state index in [0.29, 0.717) is 44.6 Å². The largest absolute Gasteiger partial charge is 0.578 e. The predicted molar refractivity (Wildman–Crippen MR) is 115 cm³/mol. The van der Waals surface area contributed by atoms with E-state index in [2.05, 4.69) is 15.6 Å². The number of likely N-dealkylation sites (tertiary alicyclic amines) is 1. The van der Waals surface area contributed by atoms with Crippen LogP contribution < -0.4 is 10.7 Å². The molecule has 3 N–H and O–H groups in total. The summed E-state index contributed by atoms with van der Waals surface area (Å²) >= 11 is 0. The molecule has 2 aliphatic rings. The zero-order valence-electron chi connectivity index (χ0n) is 19.3. The van der Waals surface area contributed by atoms with Crippen LogP contribution in [0.4, 0.5) is 32.0 Å². The Kier molecular flexibility index (Phi) is 8.07. The topological polar surface area (TPSA) is 87.7 Å². The number of quaternary nitrogens is 1. The third kappa shape index (κ3) is 8.04. The molecule has 2 fully saturated rings. The van der Waals surface area contributed by atoms with Crippen molar-refractivity contribution >= 4 is 11.6 Å². The van der Waals surface area contributed by atoms with Gasteiger partial charge in [-0.25, -0.2) is 0 Å². The predicted octanol–water partition coefficient (Wildman–Crippen LogP) is 4.92. The minimum absolute atomic E-state index is 0.0163. The number of nitrogens with zero attached hydrogens (tertiary/aromatic N) is 2. The van der Waals surface area contributed by atoms with E-state index in [1.165, 1.54) is 0 Å². The van der Waals surface area contributed by atoms with Crippen molar-refractivity contribution in [2.75, 3.05) is 32.0 Å². The van der Waals surface area contributed by atoms with Crippen molar-refractivity contribution in [2.45, 2.75) is 62.8 Å². The molecule has 0 radical (unpaired) electrons. The molecule has 1 saturated carbocycles. The van der Waals surface area contributed by atoms with Gasteiger partial charge in [-0.2, -0.15) is 31.5 Å². The number of anilines is 1. The molecule has 1 aromatic rings. The number of nitrogens with one attached hydrogen (secondary N) is 2. The highest BCUT2D eigenvalue weighted by Crippen LogP contribution is 2.38. The van der Waals surface area contributed by atoms with Crippen molar-refractivity contribution < 1.29 is 41.3 Å². The first-order valence-electron chi connectivity index (χ1n) is 11.5. The number of hydroxylamine groups is 2. The Balaban J connectivity index is 1.56. The Morgan fingerprint density at radius 2 is 1.60 bits per heavy atom. The first kappa shape index (κ1) is 27.7. The van der Waals surface area contributed by atoms with Gasteiger partial charge in [-0.3, -0.25) is 4.79 Å². The van der Waals surface area contributed by atoms with Crippen LogP contribution in [0.1, 0.15) is 56.1 Å². The van der Waals surface area contributed by atoms with E-state index >= 15 is 0 Å². The second kappa shape index (κ2) is 10.2. The van der Waals surface area contributed by atoms with Crippen molar-refractivity contribution in [2.24, 2.45) is 5.92 Å². The maximum Gasteiger partial charge on any atom is 0.416 e. The minimum atomic E-state index is -4.99. The standard InChI is InChI=1S/C22H30F6N4O3/c1-32(34,35)30-20(6-2-3-7-20)14-31-8-4-15(5-9-31)10-19(33)29-18-12-16(21(23,24)25)11-17(13-18)22(26,27)28/h11-13,15,30,34H,2-10,14H2,1H3,(H,29,33). The molecule has 13 heteroatoms. The molecule has 35 heavy (non-hydrogen) atoms. The number of hydrogen-bond donors (Lipinski definition) is 3. The fourth-order valence-corrected chi connectivity index (χ4v) is 5.08. The van der Waals surface area contributed by atoms with E-state index < -0.39 is 45.5 Å². The molecule has 1 aliphatic carbocycles. The molecule has 1 aromatic carbocycles. The molecule has 1 unspecified atom stereocenters. The van der Waals surface area contributed by atoms with Crippen LogP contribution in [0.2, 0.25) is 0 Å². The fourth-order valence-electron chi connectivity index (χ4n) is 5.08. The van der Waals surface area contributed by atoms with E-state index in [4.69, 9.17) is 0 Å². The van der Waals surface area contributed by atoms with Crippen LogP contribution >= 0.6 is 0 Å². The van der Waals surface area contributed by atoms with Crippen molar-refractivity contribution in [3.8, 4) is 0 Å². The number of hydrogen-bond acceptors (Lipinski definition) is 5. The van der Waals surface area contributed by atoms with Gasteiger partial charge in [-0.05, 0) is 62.9 Å². The Morgan fingerprint density at radius 3 is 2.06 bits per heavy atom. The van der Waals surface area contributed by atoms with Crippen LogP contribution in [0, 0.1) is 11.1 Å². The SMILES string of the molecule is C[N+]([O-])(O)NC1(CN2CCC(CC(=O)Nc3cc(C(F)(F)F)cc(C(F)(F)F)c3)CC2)CCCC1. The Hall–Kier alpha value is -1.93. The number of amides is 1. The zero-order chi connectivity index (χ0) is 26.1. The summed E-state index contributed by atoms with van der Waals surface area (Å²) in [7, 11) is 1.10. The van der Waals surface area contributed by atoms with Gasteiger partial charge in [0.05, 0.1) is 16.7 Å². The normalized spacial score (nSPS) is 21.6.